The highest BCUT2D eigenvalue weighted by atomic mass is 32.2. The minimum absolute atomic E-state index is 0.230. The summed E-state index contributed by atoms with van der Waals surface area (Å²) >= 11 is 0. The fraction of sp³-hybridized carbons (Fsp3) is 0.263. The van der Waals surface area contributed by atoms with Gasteiger partial charge in [0.25, 0.3) is 10.1 Å². The third-order valence-corrected chi connectivity index (χ3v) is 4.08. The van der Waals surface area contributed by atoms with Gasteiger partial charge < -0.3 is 20.4 Å². The van der Waals surface area contributed by atoms with Gasteiger partial charge in [0.15, 0.2) is 0 Å². The van der Waals surface area contributed by atoms with E-state index in [2.05, 4.69) is 0 Å². The molecule has 10 heteroatoms. The van der Waals surface area contributed by atoms with Crippen LogP contribution in [-0.4, -0.2) is 51.6 Å². The van der Waals surface area contributed by atoms with E-state index < -0.39 is 33.3 Å². The molecule has 2 unspecified atom stereocenters. The van der Waals surface area contributed by atoms with Crippen LogP contribution in [-0.2, 0) is 30.9 Å². The van der Waals surface area contributed by atoms with E-state index in [1.54, 1.807) is 13.8 Å². The van der Waals surface area contributed by atoms with Crippen LogP contribution in [0.3, 0.4) is 0 Å². The molecule has 0 bridgehead atoms. The van der Waals surface area contributed by atoms with Gasteiger partial charge in [-0.05, 0) is 25.0 Å². The van der Waals surface area contributed by atoms with E-state index in [1.165, 1.54) is 48.5 Å². The van der Waals surface area contributed by atoms with Gasteiger partial charge in [-0.15, -0.1) is 0 Å². The van der Waals surface area contributed by atoms with Crippen LogP contribution < -0.4 is 0 Å². The molecule has 2 atom stereocenters. The number of benzene rings is 2. The summed E-state index contributed by atoms with van der Waals surface area (Å²) in [5, 5.41) is 40.8. The zero-order chi connectivity index (χ0) is 22.6. The molecule has 0 aliphatic carbocycles. The van der Waals surface area contributed by atoms with Crippen LogP contribution in [0.25, 0.3) is 0 Å². The Morgan fingerprint density at radius 2 is 0.931 bits per heavy atom. The van der Waals surface area contributed by atoms with Crippen LogP contribution in [0.4, 0.5) is 0 Å². The van der Waals surface area contributed by atoms with Gasteiger partial charge >= 0.3 is 11.9 Å². The van der Waals surface area contributed by atoms with E-state index >= 15 is 0 Å². The van der Waals surface area contributed by atoms with Crippen molar-refractivity contribution in [3.8, 4) is 0 Å². The molecule has 0 radical (unpaired) electrons. The second kappa shape index (κ2) is 8.70. The molecule has 0 saturated heterocycles. The summed E-state index contributed by atoms with van der Waals surface area (Å²) < 4.78 is 25.9. The minimum Gasteiger partial charge on any atom is -0.479 e. The van der Waals surface area contributed by atoms with Gasteiger partial charge in [0.05, 0.1) is 6.26 Å². The first-order valence-corrected chi connectivity index (χ1v) is 9.97. The molecule has 0 heterocycles. The molecular weight excluding hydrogens is 404 g/mol. The predicted molar refractivity (Wildman–Crippen MR) is 103 cm³/mol. The van der Waals surface area contributed by atoms with Gasteiger partial charge in [-0.25, -0.2) is 9.59 Å². The van der Waals surface area contributed by atoms with Crippen molar-refractivity contribution in [3.05, 3.63) is 70.8 Å². The molecule has 0 saturated carbocycles. The van der Waals surface area contributed by atoms with E-state index in [1.807, 2.05) is 0 Å². The molecule has 158 valence electrons. The van der Waals surface area contributed by atoms with Crippen molar-refractivity contribution in [3.63, 3.8) is 0 Å². The van der Waals surface area contributed by atoms with Gasteiger partial charge in [0, 0.05) is 0 Å². The van der Waals surface area contributed by atoms with Gasteiger partial charge in [0.1, 0.15) is 0 Å². The summed E-state index contributed by atoms with van der Waals surface area (Å²) in [6.45, 7) is 3.51. The minimum atomic E-state index is -3.67. The van der Waals surface area contributed by atoms with Gasteiger partial charge in [-0.1, -0.05) is 59.7 Å². The number of aliphatic carboxylic acids is 2. The average molecular weight is 426 g/mol. The molecule has 5 N–H and O–H groups in total. The highest BCUT2D eigenvalue weighted by Crippen LogP contribution is 2.41. The van der Waals surface area contributed by atoms with Crippen molar-refractivity contribution in [2.24, 2.45) is 0 Å². The molecular formula is C19H22O9S. The number of aryl methyl sites for hydroxylation is 2. The van der Waals surface area contributed by atoms with Crippen molar-refractivity contribution >= 4 is 22.1 Å². The quantitative estimate of drug-likeness (QED) is 0.439. The molecule has 2 rings (SSSR count). The van der Waals surface area contributed by atoms with Crippen LogP contribution in [0, 0.1) is 13.8 Å². The van der Waals surface area contributed by atoms with Gasteiger partial charge in [-0.2, -0.15) is 8.42 Å². The summed E-state index contributed by atoms with van der Waals surface area (Å²) in [5.41, 5.74) is -5.01. The Labute approximate surface area is 167 Å². The lowest BCUT2D eigenvalue weighted by atomic mass is 9.73. The topological polar surface area (TPSA) is 169 Å². The normalized spacial score (nSPS) is 15.2. The largest absolute Gasteiger partial charge is 0.479 e. The number of hydrogen-bond donors (Lipinski definition) is 5. The Bertz CT molecular complexity index is 906. The first-order valence-electron chi connectivity index (χ1n) is 8.12. The number of carbonyl (C=O) groups is 2. The van der Waals surface area contributed by atoms with Crippen molar-refractivity contribution in [2.45, 2.75) is 25.0 Å². The van der Waals surface area contributed by atoms with E-state index in [0.29, 0.717) is 6.26 Å². The van der Waals surface area contributed by atoms with Gasteiger partial charge in [0.2, 0.25) is 11.2 Å². The zero-order valence-corrected chi connectivity index (χ0v) is 16.7. The molecule has 2 aromatic carbocycles. The maximum Gasteiger partial charge on any atom is 0.344 e. The van der Waals surface area contributed by atoms with Crippen molar-refractivity contribution in [1.29, 1.82) is 0 Å². The Morgan fingerprint density at radius 1 is 0.724 bits per heavy atom. The molecule has 0 aliphatic heterocycles. The van der Waals surface area contributed by atoms with E-state index in [0.717, 1.165) is 11.1 Å². The predicted octanol–water partition coefficient (Wildman–Crippen LogP) is 1.05. The second-order valence-electron chi connectivity index (χ2n) is 6.50. The first kappa shape index (κ1) is 24.2. The fourth-order valence-electron chi connectivity index (χ4n) is 2.56. The Hall–Kier alpha value is -2.79. The SMILES string of the molecule is CS(=O)(=O)O.Cc1ccc(C(O)(C(=O)O)C(O)(C(=O)O)c2ccc(C)cc2)cc1. The molecule has 2 aromatic rings. The average Bonchev–Trinajstić information content (AvgIpc) is 2.59. The molecule has 29 heavy (non-hydrogen) atoms. The molecule has 0 aromatic heterocycles. The smallest absolute Gasteiger partial charge is 0.344 e. The lowest BCUT2D eigenvalue weighted by Crippen LogP contribution is -2.59. The van der Waals surface area contributed by atoms with Crippen LogP contribution in [0.5, 0.6) is 0 Å². The summed E-state index contributed by atoms with van der Waals surface area (Å²) in [7, 11) is -3.67. The zero-order valence-electron chi connectivity index (χ0n) is 15.9. The van der Waals surface area contributed by atoms with Crippen molar-refractivity contribution < 1.29 is 43.0 Å². The first-order chi connectivity index (χ1) is 13.1. The number of carboxylic acids is 2. The Morgan fingerprint density at radius 3 is 1.10 bits per heavy atom. The lowest BCUT2D eigenvalue weighted by Gasteiger charge is -2.37. The highest BCUT2D eigenvalue weighted by Gasteiger charge is 2.63. The van der Waals surface area contributed by atoms with Crippen LogP contribution in [0.15, 0.2) is 48.5 Å². The van der Waals surface area contributed by atoms with E-state index in [4.69, 9.17) is 4.55 Å². The summed E-state index contributed by atoms with van der Waals surface area (Å²) in [5.74, 6) is -3.73. The highest BCUT2D eigenvalue weighted by molar-refractivity contribution is 7.85. The van der Waals surface area contributed by atoms with Gasteiger partial charge in [-0.3, -0.25) is 4.55 Å². The second-order valence-corrected chi connectivity index (χ2v) is 7.96. The Balaban J connectivity index is 0.000000749. The third kappa shape index (κ3) is 5.39. The summed E-state index contributed by atoms with van der Waals surface area (Å²) in [6.07, 6.45) is 0.715. The van der Waals surface area contributed by atoms with Crippen LogP contribution in [0.1, 0.15) is 22.3 Å². The third-order valence-electron chi connectivity index (χ3n) is 4.08. The number of aliphatic hydroxyl groups is 2. The maximum atomic E-state index is 11.8. The molecule has 0 amide bonds. The fourth-order valence-corrected chi connectivity index (χ4v) is 2.56. The lowest BCUT2D eigenvalue weighted by molar-refractivity contribution is -0.213. The van der Waals surface area contributed by atoms with Crippen LogP contribution in [0.2, 0.25) is 0 Å². The maximum absolute atomic E-state index is 11.8. The number of carboxylic acid groups (broad SMARTS) is 2. The standard InChI is InChI=1S/C18H18O6.CH4O3S/c1-11-3-7-13(8-4-11)17(23,15(19)20)18(24,16(21)22)14-9-5-12(2)6-10-14;1-5(2,3)4/h3-10,23-24H,1-2H3,(H,19,20)(H,21,22);1H3,(H,2,3,4). The van der Waals surface area contributed by atoms with Crippen molar-refractivity contribution in [1.82, 2.24) is 0 Å². The molecule has 0 aliphatic rings. The van der Waals surface area contributed by atoms with Crippen molar-refractivity contribution in [2.75, 3.05) is 6.26 Å². The molecule has 0 fully saturated rings. The van der Waals surface area contributed by atoms with E-state index in [-0.39, 0.29) is 11.1 Å². The van der Waals surface area contributed by atoms with Crippen LogP contribution >= 0.6 is 0 Å². The number of rotatable bonds is 5. The summed E-state index contributed by atoms with van der Waals surface area (Å²) in [4.78, 5) is 23.6. The molecule has 9 nitrogen and oxygen atoms in total. The Kier molecular flexibility index (Phi) is 7.28. The summed E-state index contributed by atoms with van der Waals surface area (Å²) in [6, 6.07) is 11.2. The van der Waals surface area contributed by atoms with E-state index in [9.17, 15) is 38.4 Å². The molecule has 0 spiro atoms. The monoisotopic (exact) mass is 426 g/mol. The number of hydrogen-bond acceptors (Lipinski definition) is 6.